The van der Waals surface area contributed by atoms with Crippen LogP contribution in [0.4, 0.5) is 0 Å². The number of thiophene rings is 1. The van der Waals surface area contributed by atoms with Crippen LogP contribution >= 0.6 is 11.3 Å². The smallest absolute Gasteiger partial charge is 0.269 e. The van der Waals surface area contributed by atoms with Gasteiger partial charge in [0.05, 0.1) is 18.4 Å². The van der Waals surface area contributed by atoms with Gasteiger partial charge in [-0.05, 0) is 36.6 Å². The van der Waals surface area contributed by atoms with Crippen LogP contribution in [0.1, 0.15) is 17.4 Å². The summed E-state index contributed by atoms with van der Waals surface area (Å²) in [4.78, 5) is 16.1. The number of amides is 1. The van der Waals surface area contributed by atoms with E-state index in [4.69, 9.17) is 4.74 Å². The first-order chi connectivity index (χ1) is 11.2. The van der Waals surface area contributed by atoms with Crippen molar-refractivity contribution in [2.24, 2.45) is 0 Å². The zero-order chi connectivity index (χ0) is 16.1. The minimum Gasteiger partial charge on any atom is -0.487 e. The molecule has 6 nitrogen and oxygen atoms in total. The first-order valence-electron chi connectivity index (χ1n) is 7.15. The summed E-state index contributed by atoms with van der Waals surface area (Å²) in [5, 5.41) is 13.7. The van der Waals surface area contributed by atoms with Crippen molar-refractivity contribution in [2.45, 2.75) is 13.0 Å². The zero-order valence-electron chi connectivity index (χ0n) is 12.5. The molecule has 0 unspecified atom stereocenters. The Morgan fingerprint density at radius 1 is 1.48 bits per heavy atom. The van der Waals surface area contributed by atoms with Gasteiger partial charge in [0.2, 0.25) is 0 Å². The average Bonchev–Trinajstić information content (AvgIpc) is 3.24. The van der Waals surface area contributed by atoms with Gasteiger partial charge in [-0.25, -0.2) is 0 Å². The molecule has 2 N–H and O–H groups in total. The predicted octanol–water partition coefficient (Wildman–Crippen LogP) is 2.73. The van der Waals surface area contributed by atoms with E-state index in [1.165, 1.54) is 0 Å². The predicted molar refractivity (Wildman–Crippen MR) is 88.6 cm³/mol. The van der Waals surface area contributed by atoms with E-state index >= 15 is 0 Å². The lowest BCUT2D eigenvalue weighted by Gasteiger charge is -2.14. The lowest BCUT2D eigenvalue weighted by atomic mass is 10.2. The van der Waals surface area contributed by atoms with Gasteiger partial charge in [-0.3, -0.25) is 14.9 Å². The number of carbonyl (C=O) groups is 1. The quantitative estimate of drug-likeness (QED) is 0.729. The van der Waals surface area contributed by atoms with Gasteiger partial charge in [-0.15, -0.1) is 0 Å². The number of aromatic nitrogens is 3. The van der Waals surface area contributed by atoms with E-state index in [1.54, 1.807) is 35.9 Å². The maximum atomic E-state index is 12.1. The summed E-state index contributed by atoms with van der Waals surface area (Å²) in [6, 6.07) is 7.33. The van der Waals surface area contributed by atoms with Crippen LogP contribution in [0.3, 0.4) is 0 Å². The summed E-state index contributed by atoms with van der Waals surface area (Å²) in [5.41, 5.74) is 2.19. The van der Waals surface area contributed by atoms with Crippen molar-refractivity contribution in [3.63, 3.8) is 0 Å². The molecular weight excluding hydrogens is 312 g/mol. The maximum absolute atomic E-state index is 12.1. The molecule has 0 saturated carbocycles. The molecule has 3 rings (SSSR count). The first-order valence-corrected chi connectivity index (χ1v) is 8.09. The van der Waals surface area contributed by atoms with E-state index in [0.29, 0.717) is 18.0 Å². The first kappa shape index (κ1) is 15.2. The van der Waals surface area contributed by atoms with Gasteiger partial charge >= 0.3 is 0 Å². The molecule has 3 aromatic heterocycles. The lowest BCUT2D eigenvalue weighted by Crippen LogP contribution is -2.33. The van der Waals surface area contributed by atoms with E-state index in [1.807, 2.05) is 29.8 Å². The van der Waals surface area contributed by atoms with Crippen LogP contribution in [0.15, 0.2) is 47.4 Å². The zero-order valence-corrected chi connectivity index (χ0v) is 13.3. The monoisotopic (exact) mass is 328 g/mol. The van der Waals surface area contributed by atoms with Crippen LogP contribution in [0, 0.1) is 0 Å². The third-order valence-corrected chi connectivity index (χ3v) is 3.84. The summed E-state index contributed by atoms with van der Waals surface area (Å²) >= 11 is 1.59. The molecule has 1 amide bonds. The molecule has 0 aromatic carbocycles. The normalized spacial score (nSPS) is 11.9. The van der Waals surface area contributed by atoms with Gasteiger partial charge in [-0.2, -0.15) is 16.4 Å². The molecule has 0 aliphatic heterocycles. The number of aromatic amines is 1. The average molecular weight is 328 g/mol. The fourth-order valence-electron chi connectivity index (χ4n) is 2.02. The summed E-state index contributed by atoms with van der Waals surface area (Å²) in [7, 11) is 0. The Morgan fingerprint density at radius 3 is 3.13 bits per heavy atom. The molecule has 0 aliphatic carbocycles. The van der Waals surface area contributed by atoms with Gasteiger partial charge in [0.25, 0.3) is 5.91 Å². The Balaban J connectivity index is 1.53. The number of hydrogen-bond acceptors (Lipinski definition) is 5. The van der Waals surface area contributed by atoms with Crippen LogP contribution in [0.2, 0.25) is 0 Å². The third kappa shape index (κ3) is 3.95. The number of carbonyl (C=O) groups excluding carboxylic acids is 1. The number of ether oxygens (including phenoxy) is 1. The SMILES string of the molecule is C[C@@H](CNC(=O)c1cc(-c2ccsc2)n[nH]1)Oc1cccnc1. The fraction of sp³-hybridized carbons (Fsp3) is 0.188. The van der Waals surface area contributed by atoms with Gasteiger partial charge in [0.1, 0.15) is 17.5 Å². The van der Waals surface area contributed by atoms with Crippen LogP contribution in [-0.4, -0.2) is 33.7 Å². The van der Waals surface area contributed by atoms with Crippen LogP contribution in [0.5, 0.6) is 5.75 Å². The molecule has 3 heterocycles. The van der Waals surface area contributed by atoms with Crippen molar-refractivity contribution in [1.29, 1.82) is 0 Å². The minimum atomic E-state index is -0.208. The van der Waals surface area contributed by atoms with Gasteiger partial charge in [0.15, 0.2) is 0 Å². The highest BCUT2D eigenvalue weighted by molar-refractivity contribution is 7.08. The van der Waals surface area contributed by atoms with Crippen LogP contribution < -0.4 is 10.1 Å². The second-order valence-electron chi connectivity index (χ2n) is 5.01. The van der Waals surface area contributed by atoms with Crippen molar-refractivity contribution >= 4 is 17.2 Å². The van der Waals surface area contributed by atoms with Crippen molar-refractivity contribution in [3.8, 4) is 17.0 Å². The molecule has 1 atom stereocenters. The summed E-state index contributed by atoms with van der Waals surface area (Å²) < 4.78 is 5.66. The number of nitrogens with one attached hydrogen (secondary N) is 2. The van der Waals surface area contributed by atoms with E-state index in [2.05, 4.69) is 20.5 Å². The molecule has 3 aromatic rings. The van der Waals surface area contributed by atoms with Gasteiger partial charge in [0, 0.05) is 17.1 Å². The van der Waals surface area contributed by atoms with E-state index in [0.717, 1.165) is 11.3 Å². The van der Waals surface area contributed by atoms with Crippen molar-refractivity contribution in [3.05, 3.63) is 53.1 Å². The molecule has 0 radical (unpaired) electrons. The summed E-state index contributed by atoms with van der Waals surface area (Å²) in [5.74, 6) is 0.469. The molecule has 0 aliphatic rings. The molecule has 0 fully saturated rings. The Labute approximate surface area is 137 Å². The summed E-state index contributed by atoms with van der Waals surface area (Å²) in [6.45, 7) is 2.28. The van der Waals surface area contributed by atoms with Crippen molar-refractivity contribution in [2.75, 3.05) is 6.54 Å². The Kier molecular flexibility index (Phi) is 4.68. The second-order valence-corrected chi connectivity index (χ2v) is 5.79. The number of H-pyrrole nitrogens is 1. The minimum absolute atomic E-state index is 0.164. The number of nitrogens with zero attached hydrogens (tertiary/aromatic N) is 2. The molecule has 118 valence electrons. The molecule has 7 heteroatoms. The van der Waals surface area contributed by atoms with E-state index in [9.17, 15) is 4.79 Å². The second kappa shape index (κ2) is 7.06. The maximum Gasteiger partial charge on any atom is 0.269 e. The van der Waals surface area contributed by atoms with E-state index in [-0.39, 0.29) is 12.0 Å². The third-order valence-electron chi connectivity index (χ3n) is 3.16. The van der Waals surface area contributed by atoms with E-state index < -0.39 is 0 Å². The molecule has 23 heavy (non-hydrogen) atoms. The highest BCUT2D eigenvalue weighted by atomic mass is 32.1. The van der Waals surface area contributed by atoms with Crippen LogP contribution in [0.25, 0.3) is 11.3 Å². The fourth-order valence-corrected chi connectivity index (χ4v) is 2.67. The molecule has 0 spiro atoms. The van der Waals surface area contributed by atoms with Gasteiger partial charge < -0.3 is 10.1 Å². The number of rotatable bonds is 6. The highest BCUT2D eigenvalue weighted by Gasteiger charge is 2.13. The Bertz CT molecular complexity index is 756. The Hall–Kier alpha value is -2.67. The standard InChI is InChI=1S/C16H16N4O2S/c1-11(22-13-3-2-5-17-9-13)8-18-16(21)15-7-14(19-20-15)12-4-6-23-10-12/h2-7,9-11H,8H2,1H3,(H,18,21)(H,19,20)/t11-/m0/s1. The molecule has 0 saturated heterocycles. The van der Waals surface area contributed by atoms with Crippen LogP contribution in [-0.2, 0) is 0 Å². The Morgan fingerprint density at radius 2 is 2.39 bits per heavy atom. The van der Waals surface area contributed by atoms with Gasteiger partial charge in [-0.1, -0.05) is 0 Å². The number of pyridine rings is 1. The van der Waals surface area contributed by atoms with Crippen molar-refractivity contribution in [1.82, 2.24) is 20.5 Å². The molecule has 0 bridgehead atoms. The number of hydrogen-bond donors (Lipinski definition) is 2. The molecular formula is C16H16N4O2S. The highest BCUT2D eigenvalue weighted by Crippen LogP contribution is 2.20. The van der Waals surface area contributed by atoms with Crippen molar-refractivity contribution < 1.29 is 9.53 Å². The summed E-state index contributed by atoms with van der Waals surface area (Å²) in [6.07, 6.45) is 3.16. The topological polar surface area (TPSA) is 79.9 Å². The lowest BCUT2D eigenvalue weighted by molar-refractivity contribution is 0.0927. The largest absolute Gasteiger partial charge is 0.487 e.